The largest absolute Gasteiger partial charge is 0.381 e. The second-order valence-electron chi connectivity index (χ2n) is 3.68. The molecule has 1 fully saturated rings. The molecular weight excluding hydrogens is 214 g/mol. The number of nitrogens with zero attached hydrogens (tertiary/aromatic N) is 3. The second kappa shape index (κ2) is 3.47. The molecule has 0 radical (unpaired) electrons. The lowest BCUT2D eigenvalue weighted by Crippen LogP contribution is -1.98. The molecule has 0 bridgehead atoms. The van der Waals surface area contributed by atoms with Crippen molar-refractivity contribution in [1.82, 2.24) is 14.6 Å². The smallest absolute Gasteiger partial charge is 0.154 e. The van der Waals surface area contributed by atoms with Crippen molar-refractivity contribution in [3.05, 3.63) is 29.3 Å². The number of hydrogen-bond acceptors (Lipinski definition) is 3. The van der Waals surface area contributed by atoms with E-state index in [0.29, 0.717) is 11.1 Å². The van der Waals surface area contributed by atoms with Gasteiger partial charge in [0.25, 0.3) is 0 Å². The van der Waals surface area contributed by atoms with Crippen LogP contribution in [0.3, 0.4) is 0 Å². The van der Waals surface area contributed by atoms with Crippen molar-refractivity contribution >= 4 is 17.1 Å². The molecule has 1 aliphatic heterocycles. The molecule has 0 aliphatic carbocycles. The van der Waals surface area contributed by atoms with Crippen LogP contribution < -0.4 is 0 Å². The Balaban J connectivity index is 2.09. The Hall–Kier alpha value is -1.13. The number of hydrogen-bond donors (Lipinski definition) is 0. The third-order valence-electron chi connectivity index (χ3n) is 2.71. The van der Waals surface area contributed by atoms with Gasteiger partial charge >= 0.3 is 0 Å². The highest BCUT2D eigenvalue weighted by Gasteiger charge is 2.21. The van der Waals surface area contributed by atoms with Crippen LogP contribution in [0.15, 0.2) is 18.5 Å². The van der Waals surface area contributed by atoms with Crippen LogP contribution in [0.2, 0.25) is 5.15 Å². The molecule has 3 heterocycles. The maximum atomic E-state index is 5.97. The van der Waals surface area contributed by atoms with Gasteiger partial charge in [0.05, 0.1) is 12.3 Å². The van der Waals surface area contributed by atoms with Crippen LogP contribution in [0.5, 0.6) is 0 Å². The summed E-state index contributed by atoms with van der Waals surface area (Å²) in [6.07, 6.45) is 4.49. The molecule has 1 aliphatic rings. The minimum atomic E-state index is 0.404. The number of rotatable bonds is 1. The summed E-state index contributed by atoms with van der Waals surface area (Å²) in [5, 5.41) is 4.96. The summed E-state index contributed by atoms with van der Waals surface area (Å²) in [5.74, 6) is 0.404. The Morgan fingerprint density at radius 3 is 3.20 bits per heavy atom. The Kier molecular flexibility index (Phi) is 2.11. The van der Waals surface area contributed by atoms with Gasteiger partial charge in [0.2, 0.25) is 0 Å². The van der Waals surface area contributed by atoms with Crippen LogP contribution >= 0.6 is 11.6 Å². The van der Waals surface area contributed by atoms with Crippen LogP contribution in [0, 0.1) is 0 Å². The molecule has 0 N–H and O–H groups in total. The Morgan fingerprint density at radius 1 is 1.53 bits per heavy atom. The molecule has 0 saturated carbocycles. The summed E-state index contributed by atoms with van der Waals surface area (Å²) in [7, 11) is 0. The fourth-order valence-electron chi connectivity index (χ4n) is 1.88. The Labute approximate surface area is 91.8 Å². The van der Waals surface area contributed by atoms with Crippen LogP contribution in [0.25, 0.3) is 5.52 Å². The topological polar surface area (TPSA) is 39.4 Å². The molecule has 4 nitrogen and oxygen atoms in total. The molecule has 3 rings (SSSR count). The molecule has 78 valence electrons. The summed E-state index contributed by atoms with van der Waals surface area (Å²) >= 11 is 5.97. The van der Waals surface area contributed by atoms with Crippen molar-refractivity contribution in [2.75, 3.05) is 13.2 Å². The van der Waals surface area contributed by atoms with E-state index >= 15 is 0 Å². The quantitative estimate of drug-likeness (QED) is 0.741. The zero-order chi connectivity index (χ0) is 10.3. The minimum absolute atomic E-state index is 0.404. The van der Waals surface area contributed by atoms with E-state index in [1.165, 1.54) is 0 Å². The SMILES string of the molecule is Clc1nccn2nc([C@H]3CCOC3)cc12. The molecule has 5 heteroatoms. The number of halogens is 1. The molecular formula is C10H10ClN3O. The number of ether oxygens (including phenoxy) is 1. The summed E-state index contributed by atoms with van der Waals surface area (Å²) < 4.78 is 7.11. The van der Waals surface area contributed by atoms with E-state index in [1.807, 2.05) is 6.07 Å². The molecule has 0 aromatic carbocycles. The first-order valence-corrected chi connectivity index (χ1v) is 5.30. The average Bonchev–Trinajstić information content (AvgIpc) is 2.86. The average molecular weight is 224 g/mol. The van der Waals surface area contributed by atoms with E-state index in [2.05, 4.69) is 10.1 Å². The lowest BCUT2D eigenvalue weighted by atomic mass is 10.1. The van der Waals surface area contributed by atoms with Crippen molar-refractivity contribution in [2.45, 2.75) is 12.3 Å². The summed E-state index contributed by atoms with van der Waals surface area (Å²) in [6.45, 7) is 1.58. The molecule has 2 aromatic rings. The summed E-state index contributed by atoms with van der Waals surface area (Å²) in [4.78, 5) is 4.02. The third kappa shape index (κ3) is 1.50. The molecule has 15 heavy (non-hydrogen) atoms. The van der Waals surface area contributed by atoms with Gasteiger partial charge < -0.3 is 4.74 Å². The van der Waals surface area contributed by atoms with Crippen LogP contribution in [-0.4, -0.2) is 27.8 Å². The fourth-order valence-corrected chi connectivity index (χ4v) is 2.07. The highest BCUT2D eigenvalue weighted by molar-refractivity contribution is 6.32. The van der Waals surface area contributed by atoms with E-state index in [9.17, 15) is 0 Å². The Morgan fingerprint density at radius 2 is 2.47 bits per heavy atom. The van der Waals surface area contributed by atoms with Gasteiger partial charge in [-0.2, -0.15) is 5.10 Å². The van der Waals surface area contributed by atoms with E-state index < -0.39 is 0 Å². The van der Waals surface area contributed by atoms with Crippen LogP contribution in [-0.2, 0) is 4.74 Å². The molecule has 2 aromatic heterocycles. The van der Waals surface area contributed by atoms with Crippen molar-refractivity contribution in [1.29, 1.82) is 0 Å². The van der Waals surface area contributed by atoms with Crippen LogP contribution in [0.4, 0.5) is 0 Å². The lowest BCUT2D eigenvalue weighted by Gasteiger charge is -2.00. The predicted octanol–water partition coefficient (Wildman–Crippen LogP) is 1.89. The number of fused-ring (bicyclic) bond motifs is 1. The standard InChI is InChI=1S/C10H10ClN3O/c11-10-9-5-8(7-1-4-15-6-7)13-14(9)3-2-12-10/h2-3,5,7H,1,4,6H2/t7-/m0/s1. The molecule has 1 saturated heterocycles. The van der Waals surface area contributed by atoms with Crippen molar-refractivity contribution in [3.8, 4) is 0 Å². The van der Waals surface area contributed by atoms with Crippen molar-refractivity contribution < 1.29 is 4.74 Å². The van der Waals surface area contributed by atoms with E-state index in [4.69, 9.17) is 16.3 Å². The van der Waals surface area contributed by atoms with Gasteiger partial charge in [0.1, 0.15) is 5.52 Å². The second-order valence-corrected chi connectivity index (χ2v) is 4.04. The first-order valence-electron chi connectivity index (χ1n) is 4.92. The van der Waals surface area contributed by atoms with Gasteiger partial charge in [-0.05, 0) is 12.5 Å². The Bertz CT molecular complexity index is 490. The molecule has 0 spiro atoms. The minimum Gasteiger partial charge on any atom is -0.381 e. The summed E-state index contributed by atoms with van der Waals surface area (Å²) in [5.41, 5.74) is 1.91. The zero-order valence-electron chi connectivity index (χ0n) is 8.06. The van der Waals surface area contributed by atoms with Crippen LogP contribution in [0.1, 0.15) is 18.0 Å². The monoisotopic (exact) mass is 223 g/mol. The van der Waals surface area contributed by atoms with Gasteiger partial charge in [-0.15, -0.1) is 0 Å². The van der Waals surface area contributed by atoms with Crippen molar-refractivity contribution in [2.24, 2.45) is 0 Å². The zero-order valence-corrected chi connectivity index (χ0v) is 8.81. The maximum Gasteiger partial charge on any atom is 0.154 e. The van der Waals surface area contributed by atoms with E-state index in [-0.39, 0.29) is 0 Å². The van der Waals surface area contributed by atoms with Gasteiger partial charge in [-0.3, -0.25) is 0 Å². The predicted molar refractivity (Wildman–Crippen MR) is 56.2 cm³/mol. The van der Waals surface area contributed by atoms with Gasteiger partial charge in [-0.25, -0.2) is 9.50 Å². The summed E-state index contributed by atoms with van der Waals surface area (Å²) in [6, 6.07) is 1.99. The lowest BCUT2D eigenvalue weighted by molar-refractivity contribution is 0.193. The van der Waals surface area contributed by atoms with Gasteiger partial charge in [-0.1, -0.05) is 11.6 Å². The van der Waals surface area contributed by atoms with Crippen molar-refractivity contribution in [3.63, 3.8) is 0 Å². The van der Waals surface area contributed by atoms with E-state index in [1.54, 1.807) is 16.9 Å². The number of aromatic nitrogens is 3. The van der Waals surface area contributed by atoms with E-state index in [0.717, 1.165) is 30.8 Å². The van der Waals surface area contributed by atoms with Gasteiger partial charge in [0, 0.05) is 24.9 Å². The molecule has 1 atom stereocenters. The van der Waals surface area contributed by atoms with Gasteiger partial charge in [0.15, 0.2) is 5.15 Å². The molecule has 0 unspecified atom stereocenters. The maximum absolute atomic E-state index is 5.97. The normalized spacial score (nSPS) is 21.3. The highest BCUT2D eigenvalue weighted by atomic mass is 35.5. The fraction of sp³-hybridized carbons (Fsp3) is 0.400. The third-order valence-corrected chi connectivity index (χ3v) is 3.00. The highest BCUT2D eigenvalue weighted by Crippen LogP contribution is 2.26. The first-order chi connectivity index (χ1) is 7.34. The first kappa shape index (κ1) is 9.12. The molecule has 0 amide bonds.